The Morgan fingerprint density at radius 1 is 1.26 bits per heavy atom. The van der Waals surface area contributed by atoms with Crippen LogP contribution in [0, 0.1) is 0 Å². The Bertz CT molecular complexity index is 377. The summed E-state index contributed by atoms with van der Waals surface area (Å²) >= 11 is 0. The number of nitrogens with two attached hydrogens (primary N) is 1. The summed E-state index contributed by atoms with van der Waals surface area (Å²) in [6, 6.07) is -0.965. The standard InChI is InChI=1S/C13H20N2O4/c1-3-5-13(19)15(9-16)11(8-14)12(18)7-4-6-10(2)17/h3,5,9,11H,4,6-8,14H2,1-2H3/b5-3-. The number of rotatable bonds is 9. The lowest BCUT2D eigenvalue weighted by molar-refractivity contribution is -0.142. The van der Waals surface area contributed by atoms with Gasteiger partial charge in [0.2, 0.25) is 6.41 Å². The summed E-state index contributed by atoms with van der Waals surface area (Å²) in [6.45, 7) is 2.95. The minimum absolute atomic E-state index is 0.00525. The molecule has 1 atom stereocenters. The van der Waals surface area contributed by atoms with Crippen LogP contribution in [0.25, 0.3) is 0 Å². The highest BCUT2D eigenvalue weighted by molar-refractivity contribution is 5.99. The summed E-state index contributed by atoms with van der Waals surface area (Å²) in [5.41, 5.74) is 5.45. The van der Waals surface area contributed by atoms with E-state index in [1.807, 2.05) is 0 Å². The van der Waals surface area contributed by atoms with Crippen LogP contribution in [-0.2, 0) is 19.2 Å². The first-order valence-corrected chi connectivity index (χ1v) is 6.10. The molecule has 2 amide bonds. The predicted octanol–water partition coefficient (Wildman–Crippen LogP) is 0.203. The van der Waals surface area contributed by atoms with E-state index in [-0.39, 0.29) is 24.5 Å². The van der Waals surface area contributed by atoms with Gasteiger partial charge in [-0.25, -0.2) is 0 Å². The summed E-state index contributed by atoms with van der Waals surface area (Å²) in [6.07, 6.45) is 3.80. The van der Waals surface area contributed by atoms with Crippen molar-refractivity contribution in [1.29, 1.82) is 0 Å². The fourth-order valence-electron chi connectivity index (χ4n) is 1.59. The summed E-state index contributed by atoms with van der Waals surface area (Å²) in [5.74, 6) is -0.893. The Morgan fingerprint density at radius 2 is 1.89 bits per heavy atom. The van der Waals surface area contributed by atoms with Crippen LogP contribution in [0.1, 0.15) is 33.1 Å². The molecule has 0 rings (SSSR count). The Balaban J connectivity index is 4.67. The highest BCUT2D eigenvalue weighted by atomic mass is 16.2. The number of imide groups is 1. The van der Waals surface area contributed by atoms with Gasteiger partial charge in [0.05, 0.1) is 0 Å². The van der Waals surface area contributed by atoms with Crippen LogP contribution < -0.4 is 5.73 Å². The van der Waals surface area contributed by atoms with E-state index >= 15 is 0 Å². The van der Waals surface area contributed by atoms with Crippen molar-refractivity contribution in [2.75, 3.05) is 6.54 Å². The maximum atomic E-state index is 11.9. The molecule has 0 aliphatic heterocycles. The quantitative estimate of drug-likeness (QED) is 0.476. The van der Waals surface area contributed by atoms with E-state index < -0.39 is 11.9 Å². The second kappa shape index (κ2) is 9.16. The van der Waals surface area contributed by atoms with Gasteiger partial charge in [-0.3, -0.25) is 19.3 Å². The van der Waals surface area contributed by atoms with Gasteiger partial charge >= 0.3 is 0 Å². The molecule has 2 N–H and O–H groups in total. The average molecular weight is 268 g/mol. The highest BCUT2D eigenvalue weighted by Crippen LogP contribution is 2.06. The van der Waals surface area contributed by atoms with E-state index in [0.29, 0.717) is 19.3 Å². The summed E-state index contributed by atoms with van der Waals surface area (Å²) in [5, 5.41) is 0. The van der Waals surface area contributed by atoms with Crippen molar-refractivity contribution in [2.45, 2.75) is 39.2 Å². The molecule has 0 aromatic carbocycles. The van der Waals surface area contributed by atoms with Crippen LogP contribution in [0.4, 0.5) is 0 Å². The SMILES string of the molecule is C/C=C\C(=O)N(C=O)C(CN)C(=O)CCCC(C)=O. The molecule has 0 saturated heterocycles. The minimum atomic E-state index is -0.965. The molecule has 0 heterocycles. The largest absolute Gasteiger partial charge is 0.328 e. The summed E-state index contributed by atoms with van der Waals surface area (Å²) < 4.78 is 0. The van der Waals surface area contributed by atoms with E-state index in [0.717, 1.165) is 4.90 Å². The predicted molar refractivity (Wildman–Crippen MR) is 70.1 cm³/mol. The Kier molecular flexibility index (Phi) is 8.28. The van der Waals surface area contributed by atoms with Crippen LogP contribution in [-0.4, -0.2) is 41.4 Å². The molecular weight excluding hydrogens is 248 g/mol. The number of allylic oxidation sites excluding steroid dienone is 1. The van der Waals surface area contributed by atoms with Gasteiger partial charge in [-0.2, -0.15) is 0 Å². The molecule has 0 saturated carbocycles. The molecule has 1 unspecified atom stereocenters. The number of carbonyl (C=O) groups excluding carboxylic acids is 4. The van der Waals surface area contributed by atoms with Crippen LogP contribution in [0.2, 0.25) is 0 Å². The number of hydrogen-bond acceptors (Lipinski definition) is 5. The fraction of sp³-hybridized carbons (Fsp3) is 0.538. The van der Waals surface area contributed by atoms with Gasteiger partial charge in [0.25, 0.3) is 5.91 Å². The topological polar surface area (TPSA) is 97.5 Å². The zero-order valence-corrected chi connectivity index (χ0v) is 11.3. The maximum absolute atomic E-state index is 11.9. The number of nitrogens with zero attached hydrogens (tertiary/aromatic N) is 1. The molecule has 0 aromatic rings. The van der Waals surface area contributed by atoms with Gasteiger partial charge in [-0.05, 0) is 26.3 Å². The minimum Gasteiger partial charge on any atom is -0.328 e. The first-order chi connectivity index (χ1) is 8.97. The normalized spacial score (nSPS) is 12.2. The molecule has 6 heteroatoms. The zero-order chi connectivity index (χ0) is 14.8. The Labute approximate surface area is 112 Å². The van der Waals surface area contributed by atoms with E-state index in [1.165, 1.54) is 19.1 Å². The molecule has 0 aromatic heterocycles. The van der Waals surface area contributed by atoms with Crippen molar-refractivity contribution in [1.82, 2.24) is 4.90 Å². The van der Waals surface area contributed by atoms with Crippen molar-refractivity contribution in [3.63, 3.8) is 0 Å². The van der Waals surface area contributed by atoms with Gasteiger partial charge in [0.1, 0.15) is 11.8 Å². The smallest absolute Gasteiger partial charge is 0.253 e. The van der Waals surface area contributed by atoms with Crippen molar-refractivity contribution in [3.05, 3.63) is 12.2 Å². The lowest BCUT2D eigenvalue weighted by atomic mass is 10.0. The zero-order valence-electron chi connectivity index (χ0n) is 11.3. The first-order valence-electron chi connectivity index (χ1n) is 6.10. The monoisotopic (exact) mass is 268 g/mol. The van der Waals surface area contributed by atoms with Crippen LogP contribution in [0.5, 0.6) is 0 Å². The summed E-state index contributed by atoms with van der Waals surface area (Å²) in [7, 11) is 0. The lowest BCUT2D eigenvalue weighted by Crippen LogP contribution is -2.48. The van der Waals surface area contributed by atoms with Crippen molar-refractivity contribution < 1.29 is 19.2 Å². The number of ketones is 2. The van der Waals surface area contributed by atoms with Gasteiger partial charge < -0.3 is 10.5 Å². The second-order valence-corrected chi connectivity index (χ2v) is 4.12. The van der Waals surface area contributed by atoms with Gasteiger partial charge in [-0.1, -0.05) is 6.08 Å². The highest BCUT2D eigenvalue weighted by Gasteiger charge is 2.26. The number of Topliss-reactive ketones (excluding diaryl/α,β-unsaturated/α-hetero) is 2. The van der Waals surface area contributed by atoms with Crippen LogP contribution in [0.15, 0.2) is 12.2 Å². The molecule has 0 radical (unpaired) electrons. The van der Waals surface area contributed by atoms with Gasteiger partial charge in [0, 0.05) is 19.4 Å². The van der Waals surface area contributed by atoms with E-state index in [1.54, 1.807) is 6.92 Å². The first kappa shape index (κ1) is 17.2. The van der Waals surface area contributed by atoms with Crippen LogP contribution >= 0.6 is 0 Å². The maximum Gasteiger partial charge on any atom is 0.253 e. The number of hydrogen-bond donors (Lipinski definition) is 1. The Morgan fingerprint density at radius 3 is 2.32 bits per heavy atom. The lowest BCUT2D eigenvalue weighted by Gasteiger charge is -2.23. The van der Waals surface area contributed by atoms with Gasteiger partial charge in [-0.15, -0.1) is 0 Å². The van der Waals surface area contributed by atoms with Crippen molar-refractivity contribution in [3.8, 4) is 0 Å². The molecule has 0 aliphatic carbocycles. The van der Waals surface area contributed by atoms with E-state index in [2.05, 4.69) is 0 Å². The second-order valence-electron chi connectivity index (χ2n) is 4.12. The molecule has 0 aliphatic rings. The fourth-order valence-corrected chi connectivity index (χ4v) is 1.59. The van der Waals surface area contributed by atoms with Gasteiger partial charge in [0.15, 0.2) is 5.78 Å². The molecule has 6 nitrogen and oxygen atoms in total. The number of carbonyl (C=O) groups is 4. The average Bonchev–Trinajstić information content (AvgIpc) is 2.35. The summed E-state index contributed by atoms with van der Waals surface area (Å²) in [4.78, 5) is 46.0. The third-order valence-corrected chi connectivity index (χ3v) is 2.56. The van der Waals surface area contributed by atoms with Crippen LogP contribution in [0.3, 0.4) is 0 Å². The molecule has 0 fully saturated rings. The molecule has 0 bridgehead atoms. The van der Waals surface area contributed by atoms with Crippen molar-refractivity contribution in [2.24, 2.45) is 5.73 Å². The molecule has 0 spiro atoms. The third kappa shape index (κ3) is 6.05. The molecule has 19 heavy (non-hydrogen) atoms. The Hall–Kier alpha value is -1.82. The van der Waals surface area contributed by atoms with E-state index in [4.69, 9.17) is 5.73 Å². The number of amides is 2. The third-order valence-electron chi connectivity index (χ3n) is 2.56. The van der Waals surface area contributed by atoms with Crippen molar-refractivity contribution >= 4 is 23.9 Å². The molecular formula is C13H20N2O4. The van der Waals surface area contributed by atoms with E-state index in [9.17, 15) is 19.2 Å². The molecule has 106 valence electrons.